The normalized spacial score (nSPS) is 18.6. The second kappa shape index (κ2) is 9.06. The number of amides is 3. The van der Waals surface area contributed by atoms with Crippen LogP contribution in [0.3, 0.4) is 0 Å². The minimum atomic E-state index is -0.119. The van der Waals surface area contributed by atoms with E-state index in [1.807, 2.05) is 9.80 Å². The van der Waals surface area contributed by atoms with Gasteiger partial charge in [0.05, 0.1) is 6.26 Å². The van der Waals surface area contributed by atoms with Crippen LogP contribution in [0.4, 0.5) is 0 Å². The molecule has 0 atom stereocenters. The van der Waals surface area contributed by atoms with Gasteiger partial charge in [0.15, 0.2) is 5.76 Å². The summed E-state index contributed by atoms with van der Waals surface area (Å²) in [5.41, 5.74) is 0. The molecular weight excluding hydrogens is 346 g/mol. The number of hydrogen-bond acceptors (Lipinski definition) is 4. The minimum absolute atomic E-state index is 0.00690. The van der Waals surface area contributed by atoms with E-state index in [1.165, 1.54) is 6.26 Å². The van der Waals surface area contributed by atoms with Crippen molar-refractivity contribution in [3.63, 3.8) is 0 Å². The summed E-state index contributed by atoms with van der Waals surface area (Å²) in [6.07, 6.45) is 5.53. The molecule has 3 amide bonds. The van der Waals surface area contributed by atoms with Gasteiger partial charge in [0.25, 0.3) is 5.91 Å². The number of hydrogen-bond donors (Lipinski definition) is 0. The van der Waals surface area contributed by atoms with Crippen LogP contribution in [0.5, 0.6) is 0 Å². The van der Waals surface area contributed by atoms with E-state index >= 15 is 0 Å². The molecule has 0 bridgehead atoms. The van der Waals surface area contributed by atoms with Crippen molar-refractivity contribution in [1.29, 1.82) is 0 Å². The fraction of sp³-hybridized carbons (Fsp3) is 0.650. The van der Waals surface area contributed by atoms with Gasteiger partial charge < -0.3 is 19.1 Å². The number of furan rings is 1. The molecule has 2 saturated heterocycles. The first-order chi connectivity index (χ1) is 13.1. The summed E-state index contributed by atoms with van der Waals surface area (Å²) >= 11 is 0. The highest BCUT2D eigenvalue weighted by Crippen LogP contribution is 2.22. The van der Waals surface area contributed by atoms with Crippen molar-refractivity contribution in [3.05, 3.63) is 24.2 Å². The van der Waals surface area contributed by atoms with Gasteiger partial charge >= 0.3 is 0 Å². The lowest BCUT2D eigenvalue weighted by Crippen LogP contribution is -2.53. The maximum Gasteiger partial charge on any atom is 0.289 e. The molecule has 7 nitrogen and oxygen atoms in total. The Bertz CT molecular complexity index is 642. The molecule has 0 unspecified atom stereocenters. The lowest BCUT2D eigenvalue weighted by atomic mass is 9.94. The van der Waals surface area contributed by atoms with Crippen LogP contribution in [0.1, 0.15) is 49.6 Å². The largest absolute Gasteiger partial charge is 0.459 e. The first kappa shape index (κ1) is 19.5. The van der Waals surface area contributed by atoms with Crippen molar-refractivity contribution < 1.29 is 18.8 Å². The van der Waals surface area contributed by atoms with E-state index in [9.17, 15) is 14.4 Å². The topological polar surface area (TPSA) is 74.1 Å². The highest BCUT2D eigenvalue weighted by Gasteiger charge is 2.32. The summed E-state index contributed by atoms with van der Waals surface area (Å²) in [6, 6.07) is 3.36. The SMILES string of the molecule is CCCCC(=O)N1CCC(C(=O)N2CCN(C(=O)c3ccco3)CC2)CC1. The predicted molar refractivity (Wildman–Crippen MR) is 100 cm³/mol. The van der Waals surface area contributed by atoms with Gasteiger partial charge in [-0.1, -0.05) is 13.3 Å². The fourth-order valence-corrected chi connectivity index (χ4v) is 3.81. The van der Waals surface area contributed by atoms with Gasteiger partial charge in [-0.3, -0.25) is 14.4 Å². The number of carbonyl (C=O) groups excluding carboxylic acids is 3. The summed E-state index contributed by atoms with van der Waals surface area (Å²) in [5, 5.41) is 0. The van der Waals surface area contributed by atoms with Crippen molar-refractivity contribution in [1.82, 2.24) is 14.7 Å². The Morgan fingerprint density at radius 2 is 1.67 bits per heavy atom. The van der Waals surface area contributed by atoms with Crippen LogP contribution in [-0.4, -0.2) is 71.7 Å². The van der Waals surface area contributed by atoms with Gasteiger partial charge in [0.2, 0.25) is 11.8 Å². The Morgan fingerprint density at radius 1 is 1.00 bits per heavy atom. The average Bonchev–Trinajstić information content (AvgIpc) is 3.26. The number of rotatable bonds is 5. The van der Waals surface area contributed by atoms with E-state index in [1.54, 1.807) is 17.0 Å². The zero-order valence-electron chi connectivity index (χ0n) is 16.1. The quantitative estimate of drug-likeness (QED) is 0.789. The van der Waals surface area contributed by atoms with Crippen molar-refractivity contribution in [2.75, 3.05) is 39.3 Å². The fourth-order valence-electron chi connectivity index (χ4n) is 3.81. The number of piperidine rings is 1. The number of piperazine rings is 1. The Labute approximate surface area is 160 Å². The van der Waals surface area contributed by atoms with Crippen LogP contribution in [0.25, 0.3) is 0 Å². The molecule has 2 aliphatic heterocycles. The Hall–Kier alpha value is -2.31. The monoisotopic (exact) mass is 375 g/mol. The van der Waals surface area contributed by atoms with Crippen LogP contribution < -0.4 is 0 Å². The molecule has 1 aromatic rings. The van der Waals surface area contributed by atoms with Gasteiger partial charge in [-0.2, -0.15) is 0 Å². The van der Waals surface area contributed by atoms with Crippen molar-refractivity contribution in [2.45, 2.75) is 39.0 Å². The lowest BCUT2D eigenvalue weighted by Gasteiger charge is -2.38. The third kappa shape index (κ3) is 4.70. The molecule has 0 spiro atoms. The molecule has 1 aromatic heterocycles. The molecule has 0 N–H and O–H groups in total. The van der Waals surface area contributed by atoms with Gasteiger partial charge in [-0.05, 0) is 31.4 Å². The molecule has 0 aromatic carbocycles. The van der Waals surface area contributed by atoms with Crippen molar-refractivity contribution >= 4 is 17.7 Å². The van der Waals surface area contributed by atoms with E-state index in [0.717, 1.165) is 25.7 Å². The van der Waals surface area contributed by atoms with Crippen molar-refractivity contribution in [3.8, 4) is 0 Å². The molecule has 0 radical (unpaired) electrons. The second-order valence-corrected chi connectivity index (χ2v) is 7.35. The first-order valence-electron chi connectivity index (χ1n) is 9.99. The van der Waals surface area contributed by atoms with Gasteiger partial charge in [0.1, 0.15) is 0 Å². The maximum absolute atomic E-state index is 12.8. The van der Waals surface area contributed by atoms with Gasteiger partial charge in [0, 0.05) is 51.6 Å². The third-order valence-corrected chi connectivity index (χ3v) is 5.55. The lowest BCUT2D eigenvalue weighted by molar-refractivity contribution is -0.141. The van der Waals surface area contributed by atoms with Crippen LogP contribution in [0, 0.1) is 5.92 Å². The second-order valence-electron chi connectivity index (χ2n) is 7.35. The molecule has 3 heterocycles. The Morgan fingerprint density at radius 3 is 2.26 bits per heavy atom. The van der Waals surface area contributed by atoms with Crippen LogP contribution in [0.15, 0.2) is 22.8 Å². The predicted octanol–water partition coefficient (Wildman–Crippen LogP) is 1.99. The molecule has 148 valence electrons. The van der Waals surface area contributed by atoms with Gasteiger partial charge in [-0.25, -0.2) is 0 Å². The molecule has 0 saturated carbocycles. The summed E-state index contributed by atoms with van der Waals surface area (Å²) in [6.45, 7) is 5.60. The average molecular weight is 375 g/mol. The van der Waals surface area contributed by atoms with E-state index in [-0.39, 0.29) is 23.6 Å². The molecule has 2 fully saturated rings. The first-order valence-corrected chi connectivity index (χ1v) is 9.99. The number of carbonyl (C=O) groups is 3. The van der Waals surface area contributed by atoms with E-state index in [4.69, 9.17) is 4.42 Å². The standard InChI is InChI=1S/C20H29N3O4/c1-2-3-6-18(24)21-9-7-16(8-10-21)19(25)22-11-13-23(14-12-22)20(26)17-5-4-15-27-17/h4-5,15-16H,2-3,6-14H2,1H3. The van der Waals surface area contributed by atoms with Crippen LogP contribution >= 0.6 is 0 Å². The van der Waals surface area contributed by atoms with E-state index in [2.05, 4.69) is 6.92 Å². The van der Waals surface area contributed by atoms with E-state index < -0.39 is 0 Å². The Kier molecular flexibility index (Phi) is 6.53. The summed E-state index contributed by atoms with van der Waals surface area (Å²) < 4.78 is 5.17. The number of likely N-dealkylation sites (tertiary alicyclic amines) is 1. The molecule has 2 aliphatic rings. The van der Waals surface area contributed by atoms with Gasteiger partial charge in [-0.15, -0.1) is 0 Å². The zero-order valence-corrected chi connectivity index (χ0v) is 16.1. The molecule has 7 heteroatoms. The molecule has 0 aliphatic carbocycles. The summed E-state index contributed by atoms with van der Waals surface area (Å²) in [5.74, 6) is 0.599. The van der Waals surface area contributed by atoms with Crippen molar-refractivity contribution in [2.24, 2.45) is 5.92 Å². The molecule has 3 rings (SSSR count). The molecule has 27 heavy (non-hydrogen) atoms. The number of unbranched alkanes of at least 4 members (excludes halogenated alkanes) is 1. The van der Waals surface area contributed by atoms with Crippen LogP contribution in [-0.2, 0) is 9.59 Å². The highest BCUT2D eigenvalue weighted by molar-refractivity contribution is 5.91. The minimum Gasteiger partial charge on any atom is -0.459 e. The number of nitrogens with zero attached hydrogens (tertiary/aromatic N) is 3. The third-order valence-electron chi connectivity index (χ3n) is 5.55. The highest BCUT2D eigenvalue weighted by atomic mass is 16.3. The maximum atomic E-state index is 12.8. The van der Waals surface area contributed by atoms with E-state index in [0.29, 0.717) is 51.4 Å². The zero-order chi connectivity index (χ0) is 19.2. The van der Waals surface area contributed by atoms with Crippen LogP contribution in [0.2, 0.25) is 0 Å². The molecular formula is C20H29N3O4. The smallest absolute Gasteiger partial charge is 0.289 e. The Balaban J connectivity index is 1.43. The summed E-state index contributed by atoms with van der Waals surface area (Å²) in [7, 11) is 0. The summed E-state index contributed by atoms with van der Waals surface area (Å²) in [4.78, 5) is 42.7.